The predicted octanol–water partition coefficient (Wildman–Crippen LogP) is 4.36. The van der Waals surface area contributed by atoms with Crippen LogP contribution in [-0.2, 0) is 22.7 Å². The minimum absolute atomic E-state index is 0.105. The van der Waals surface area contributed by atoms with Gasteiger partial charge >= 0.3 is 0 Å². The number of fused-ring (bicyclic) bond motifs is 1. The van der Waals surface area contributed by atoms with E-state index in [9.17, 15) is 9.59 Å². The normalized spacial score (nSPS) is 12.5. The SMILES string of the molecule is CC(C)(C)NC(=O)[C@@H](c1ccco1)N(Cc1ccccc1Cl)C(=O)Cn1nnc2ccccc21. The molecule has 1 N–H and O–H groups in total. The zero-order valence-electron chi connectivity index (χ0n) is 19.2. The van der Waals surface area contributed by atoms with Crippen molar-refractivity contribution in [1.29, 1.82) is 0 Å². The van der Waals surface area contributed by atoms with Gasteiger partial charge in [0.25, 0.3) is 5.91 Å². The fourth-order valence-corrected chi connectivity index (χ4v) is 3.89. The van der Waals surface area contributed by atoms with Crippen molar-refractivity contribution in [1.82, 2.24) is 25.2 Å². The Kier molecular flexibility index (Phi) is 6.70. The highest BCUT2D eigenvalue weighted by Gasteiger charge is 2.35. The molecule has 2 aromatic carbocycles. The molecule has 2 aromatic heterocycles. The van der Waals surface area contributed by atoms with Crippen LogP contribution in [0, 0.1) is 0 Å². The topological polar surface area (TPSA) is 93.3 Å². The molecule has 0 aliphatic rings. The number of carbonyl (C=O) groups is 2. The summed E-state index contributed by atoms with van der Waals surface area (Å²) in [5.41, 5.74) is 1.60. The quantitative estimate of drug-likeness (QED) is 0.425. The van der Waals surface area contributed by atoms with Crippen molar-refractivity contribution in [2.75, 3.05) is 0 Å². The van der Waals surface area contributed by atoms with E-state index in [-0.39, 0.29) is 24.9 Å². The van der Waals surface area contributed by atoms with Crippen LogP contribution >= 0.6 is 11.6 Å². The van der Waals surface area contributed by atoms with Gasteiger partial charge < -0.3 is 14.6 Å². The Labute approximate surface area is 202 Å². The molecule has 0 fully saturated rings. The molecule has 9 heteroatoms. The fourth-order valence-electron chi connectivity index (χ4n) is 3.70. The van der Waals surface area contributed by atoms with Crippen LogP contribution in [-0.4, -0.2) is 37.2 Å². The number of amides is 2. The van der Waals surface area contributed by atoms with Crippen molar-refractivity contribution >= 4 is 34.4 Å². The van der Waals surface area contributed by atoms with E-state index in [4.69, 9.17) is 16.0 Å². The van der Waals surface area contributed by atoms with Gasteiger partial charge in [-0.3, -0.25) is 9.59 Å². The predicted molar refractivity (Wildman–Crippen MR) is 129 cm³/mol. The van der Waals surface area contributed by atoms with Crippen LogP contribution in [0.4, 0.5) is 0 Å². The largest absolute Gasteiger partial charge is 0.467 e. The van der Waals surface area contributed by atoms with Gasteiger partial charge in [0, 0.05) is 17.1 Å². The zero-order valence-corrected chi connectivity index (χ0v) is 20.0. The van der Waals surface area contributed by atoms with Gasteiger partial charge in [-0.1, -0.05) is 47.1 Å². The zero-order chi connectivity index (χ0) is 24.3. The van der Waals surface area contributed by atoms with E-state index in [2.05, 4.69) is 15.6 Å². The second-order valence-corrected chi connectivity index (χ2v) is 9.41. The van der Waals surface area contributed by atoms with E-state index in [0.717, 1.165) is 5.52 Å². The minimum Gasteiger partial charge on any atom is -0.467 e. The van der Waals surface area contributed by atoms with E-state index in [1.54, 1.807) is 18.2 Å². The Morgan fingerprint density at radius 2 is 1.82 bits per heavy atom. The number of hydrogen-bond donors (Lipinski definition) is 1. The highest BCUT2D eigenvalue weighted by molar-refractivity contribution is 6.31. The van der Waals surface area contributed by atoms with Crippen molar-refractivity contribution in [3.63, 3.8) is 0 Å². The van der Waals surface area contributed by atoms with Crippen LogP contribution in [0.3, 0.4) is 0 Å². The average Bonchev–Trinajstić information content (AvgIpc) is 3.44. The van der Waals surface area contributed by atoms with Crippen molar-refractivity contribution in [3.05, 3.63) is 83.3 Å². The molecule has 4 aromatic rings. The number of para-hydroxylation sites is 1. The van der Waals surface area contributed by atoms with Gasteiger partial charge in [0.2, 0.25) is 5.91 Å². The summed E-state index contributed by atoms with van der Waals surface area (Å²) < 4.78 is 7.14. The summed E-state index contributed by atoms with van der Waals surface area (Å²) >= 11 is 6.42. The molecule has 0 saturated heterocycles. The smallest absolute Gasteiger partial charge is 0.251 e. The highest BCUT2D eigenvalue weighted by Crippen LogP contribution is 2.28. The molecule has 2 amide bonds. The summed E-state index contributed by atoms with van der Waals surface area (Å²) in [4.78, 5) is 28.7. The van der Waals surface area contributed by atoms with E-state index in [0.29, 0.717) is 21.9 Å². The first kappa shape index (κ1) is 23.5. The molecular weight excluding hydrogens is 454 g/mol. The second kappa shape index (κ2) is 9.69. The van der Waals surface area contributed by atoms with E-state index >= 15 is 0 Å². The summed E-state index contributed by atoms with van der Waals surface area (Å²) in [6, 6.07) is 17.0. The second-order valence-electron chi connectivity index (χ2n) is 9.01. The molecule has 0 bridgehead atoms. The Balaban J connectivity index is 1.74. The Bertz CT molecular complexity index is 1290. The van der Waals surface area contributed by atoms with Gasteiger partial charge in [0.05, 0.1) is 11.8 Å². The Morgan fingerprint density at radius 1 is 1.09 bits per heavy atom. The molecule has 2 heterocycles. The monoisotopic (exact) mass is 479 g/mol. The van der Waals surface area contributed by atoms with Crippen LogP contribution < -0.4 is 5.32 Å². The first-order chi connectivity index (χ1) is 16.2. The molecular formula is C25H26ClN5O3. The summed E-state index contributed by atoms with van der Waals surface area (Å²) in [6.07, 6.45) is 1.48. The Morgan fingerprint density at radius 3 is 2.53 bits per heavy atom. The van der Waals surface area contributed by atoms with Gasteiger partial charge in [-0.05, 0) is 56.7 Å². The van der Waals surface area contributed by atoms with E-state index in [1.807, 2.05) is 63.2 Å². The first-order valence-corrected chi connectivity index (χ1v) is 11.3. The highest BCUT2D eigenvalue weighted by atomic mass is 35.5. The maximum Gasteiger partial charge on any atom is 0.251 e. The van der Waals surface area contributed by atoms with Crippen LogP contribution in [0.5, 0.6) is 0 Å². The van der Waals surface area contributed by atoms with Crippen molar-refractivity contribution in [2.45, 2.75) is 45.4 Å². The summed E-state index contributed by atoms with van der Waals surface area (Å²) in [6.45, 7) is 5.64. The third-order valence-corrected chi connectivity index (χ3v) is 5.56. The molecule has 8 nitrogen and oxygen atoms in total. The van der Waals surface area contributed by atoms with Gasteiger partial charge in [0.1, 0.15) is 17.8 Å². The van der Waals surface area contributed by atoms with Crippen LogP contribution in [0.25, 0.3) is 11.0 Å². The molecule has 34 heavy (non-hydrogen) atoms. The van der Waals surface area contributed by atoms with Crippen LogP contribution in [0.2, 0.25) is 5.02 Å². The molecule has 0 aliphatic heterocycles. The molecule has 176 valence electrons. The lowest BCUT2D eigenvalue weighted by Gasteiger charge is -2.32. The number of furan rings is 1. The standard InChI is InChI=1S/C25H26ClN5O3/c1-25(2,3)27-24(33)23(21-13-8-14-34-21)30(15-17-9-4-5-10-18(17)26)22(32)16-31-20-12-7-6-11-19(20)28-29-31/h4-14,23H,15-16H2,1-3H3,(H,27,33)/t23-/m1/s1. The number of carbonyl (C=O) groups excluding carboxylic acids is 2. The first-order valence-electron chi connectivity index (χ1n) is 10.9. The minimum atomic E-state index is -1.01. The fraction of sp³-hybridized carbons (Fsp3) is 0.280. The van der Waals surface area contributed by atoms with E-state index < -0.39 is 11.6 Å². The maximum atomic E-state index is 13.7. The third kappa shape index (κ3) is 5.28. The lowest BCUT2D eigenvalue weighted by molar-refractivity contribution is -0.143. The number of aromatic nitrogens is 3. The number of hydrogen-bond acceptors (Lipinski definition) is 5. The summed E-state index contributed by atoms with van der Waals surface area (Å²) in [7, 11) is 0. The average molecular weight is 480 g/mol. The molecule has 1 atom stereocenters. The van der Waals surface area contributed by atoms with Gasteiger partial charge in [-0.25, -0.2) is 4.68 Å². The van der Waals surface area contributed by atoms with Gasteiger partial charge in [0.15, 0.2) is 6.04 Å². The molecule has 0 unspecified atom stereocenters. The number of nitrogens with one attached hydrogen (secondary N) is 1. The van der Waals surface area contributed by atoms with E-state index in [1.165, 1.54) is 15.8 Å². The lowest BCUT2D eigenvalue weighted by Crippen LogP contribution is -2.49. The van der Waals surface area contributed by atoms with Gasteiger partial charge in [-0.15, -0.1) is 5.10 Å². The van der Waals surface area contributed by atoms with Crippen LogP contribution in [0.15, 0.2) is 71.3 Å². The number of halogens is 1. The van der Waals surface area contributed by atoms with Gasteiger partial charge in [-0.2, -0.15) is 0 Å². The summed E-state index contributed by atoms with van der Waals surface area (Å²) in [5, 5.41) is 11.7. The molecule has 0 aliphatic carbocycles. The number of benzene rings is 2. The van der Waals surface area contributed by atoms with Crippen molar-refractivity contribution < 1.29 is 14.0 Å². The Hall–Kier alpha value is -3.65. The molecule has 4 rings (SSSR count). The van der Waals surface area contributed by atoms with Crippen molar-refractivity contribution in [3.8, 4) is 0 Å². The van der Waals surface area contributed by atoms with Crippen LogP contribution in [0.1, 0.15) is 38.1 Å². The molecule has 0 saturated carbocycles. The maximum absolute atomic E-state index is 13.7. The number of nitrogens with zero attached hydrogens (tertiary/aromatic N) is 4. The number of rotatable bonds is 7. The van der Waals surface area contributed by atoms with Crippen molar-refractivity contribution in [2.24, 2.45) is 0 Å². The molecule has 0 spiro atoms. The molecule has 0 radical (unpaired) electrons. The summed E-state index contributed by atoms with van der Waals surface area (Å²) in [5.74, 6) is -0.335. The third-order valence-electron chi connectivity index (χ3n) is 5.20. The lowest BCUT2D eigenvalue weighted by atomic mass is 10.1.